The van der Waals surface area contributed by atoms with Gasteiger partial charge in [0.15, 0.2) is 0 Å². The van der Waals surface area contributed by atoms with E-state index < -0.39 is 6.09 Å². The molecule has 0 aliphatic rings. The molecule has 0 bridgehead atoms. The largest absolute Gasteiger partial charge is 0.496 e. The van der Waals surface area contributed by atoms with Gasteiger partial charge in [-0.2, -0.15) is 5.26 Å². The molecule has 0 radical (unpaired) electrons. The van der Waals surface area contributed by atoms with Gasteiger partial charge in [0.05, 0.1) is 20.3 Å². The number of rotatable bonds is 4. The van der Waals surface area contributed by atoms with Gasteiger partial charge in [-0.1, -0.05) is 0 Å². The molecule has 0 spiro atoms. The van der Waals surface area contributed by atoms with Gasteiger partial charge in [0.25, 0.3) is 0 Å². The van der Waals surface area contributed by atoms with E-state index in [0.29, 0.717) is 11.5 Å². The Morgan fingerprint density at radius 1 is 1.24 bits per heavy atom. The maximum Gasteiger partial charge on any atom is 0.413 e. The summed E-state index contributed by atoms with van der Waals surface area (Å²) in [5.41, 5.74) is 0. The van der Waals surface area contributed by atoms with Gasteiger partial charge >= 0.3 is 6.09 Å². The first kappa shape index (κ1) is 12.6. The van der Waals surface area contributed by atoms with E-state index >= 15 is 0 Å². The Hall–Kier alpha value is -2.42. The van der Waals surface area contributed by atoms with Crippen LogP contribution in [0.15, 0.2) is 18.2 Å². The molecule has 0 atom stereocenters. The molecular weight excluding hydrogens is 224 g/mol. The van der Waals surface area contributed by atoms with Crippen LogP contribution in [0.25, 0.3) is 0 Å². The molecule has 0 unspecified atom stereocenters. The fraction of sp³-hybridized carbons (Fsp3) is 0.273. The third-order valence-electron chi connectivity index (χ3n) is 1.85. The van der Waals surface area contributed by atoms with Crippen molar-refractivity contribution in [2.45, 2.75) is 0 Å². The molecule has 6 heteroatoms. The number of nitrogens with one attached hydrogen (secondary N) is 1. The molecule has 0 aromatic heterocycles. The Balaban J connectivity index is 2.76. The molecule has 0 saturated heterocycles. The molecule has 6 nitrogen and oxygen atoms in total. The molecule has 90 valence electrons. The van der Waals surface area contributed by atoms with Crippen LogP contribution in [0.3, 0.4) is 0 Å². The lowest BCUT2D eigenvalue weighted by molar-refractivity contribution is 0.201. The summed E-state index contributed by atoms with van der Waals surface area (Å²) in [6, 6.07) is 6.49. The number of amides is 1. The van der Waals surface area contributed by atoms with Gasteiger partial charge in [0, 0.05) is 18.2 Å². The minimum absolute atomic E-state index is 0.111. The van der Waals surface area contributed by atoms with Crippen molar-refractivity contribution < 1.29 is 19.0 Å². The molecule has 0 heterocycles. The van der Waals surface area contributed by atoms with Crippen LogP contribution in [0.5, 0.6) is 17.2 Å². The lowest BCUT2D eigenvalue weighted by atomic mass is 10.3. The summed E-state index contributed by atoms with van der Waals surface area (Å²) in [4.78, 5) is 11.2. The highest BCUT2D eigenvalue weighted by molar-refractivity contribution is 5.71. The molecule has 1 rings (SSSR count). The molecule has 1 aromatic carbocycles. The van der Waals surface area contributed by atoms with E-state index in [1.165, 1.54) is 26.4 Å². The fourth-order valence-corrected chi connectivity index (χ4v) is 1.10. The molecule has 1 amide bonds. The maximum absolute atomic E-state index is 11.2. The highest BCUT2D eigenvalue weighted by Crippen LogP contribution is 2.27. The summed E-state index contributed by atoms with van der Waals surface area (Å²) >= 11 is 0. The number of hydrogen-bond donors (Lipinski definition) is 1. The van der Waals surface area contributed by atoms with Crippen molar-refractivity contribution in [3.05, 3.63) is 18.2 Å². The predicted octanol–water partition coefficient (Wildman–Crippen LogP) is 1.32. The smallest absolute Gasteiger partial charge is 0.413 e. The number of methoxy groups -OCH3 is 2. The number of nitriles is 1. The van der Waals surface area contributed by atoms with Crippen LogP contribution < -0.4 is 19.5 Å². The van der Waals surface area contributed by atoms with Crippen molar-refractivity contribution in [2.24, 2.45) is 0 Å². The second-order valence-electron chi connectivity index (χ2n) is 2.95. The number of ether oxygens (including phenoxy) is 3. The summed E-state index contributed by atoms with van der Waals surface area (Å²) in [7, 11) is 2.99. The Bertz CT molecular complexity index is 417. The van der Waals surface area contributed by atoms with E-state index in [2.05, 4.69) is 5.32 Å². The highest BCUT2D eigenvalue weighted by atomic mass is 16.6. The van der Waals surface area contributed by atoms with Crippen LogP contribution in [0, 0.1) is 11.3 Å². The van der Waals surface area contributed by atoms with Gasteiger partial charge in [-0.25, -0.2) is 4.79 Å². The van der Waals surface area contributed by atoms with Gasteiger partial charge in [0.2, 0.25) is 0 Å². The minimum atomic E-state index is -0.707. The van der Waals surface area contributed by atoms with Crippen molar-refractivity contribution >= 4 is 6.09 Å². The summed E-state index contributed by atoms with van der Waals surface area (Å²) in [5, 5.41) is 10.5. The first-order chi connectivity index (χ1) is 8.19. The van der Waals surface area contributed by atoms with Gasteiger partial charge in [-0.3, -0.25) is 0 Å². The van der Waals surface area contributed by atoms with Crippen LogP contribution in [-0.2, 0) is 0 Å². The Morgan fingerprint density at radius 3 is 2.24 bits per heavy atom. The zero-order valence-corrected chi connectivity index (χ0v) is 9.52. The number of carbonyl (C=O) groups excluding carboxylic acids is 1. The predicted molar refractivity (Wildman–Crippen MR) is 59.2 cm³/mol. The van der Waals surface area contributed by atoms with Crippen LogP contribution in [0.1, 0.15) is 0 Å². The average molecular weight is 236 g/mol. The summed E-state index contributed by atoms with van der Waals surface area (Å²) in [6.07, 6.45) is -0.707. The minimum Gasteiger partial charge on any atom is -0.496 e. The van der Waals surface area contributed by atoms with Gasteiger partial charge in [-0.15, -0.1) is 0 Å². The van der Waals surface area contributed by atoms with Crippen LogP contribution in [0.4, 0.5) is 4.79 Å². The Labute approximate surface area is 98.7 Å². The number of carbonyl (C=O) groups is 1. The first-order valence-corrected chi connectivity index (χ1v) is 4.75. The topological polar surface area (TPSA) is 80.6 Å². The Morgan fingerprint density at radius 2 is 1.76 bits per heavy atom. The average Bonchev–Trinajstić information content (AvgIpc) is 2.35. The molecular formula is C11H12N2O4. The lowest BCUT2D eigenvalue weighted by Crippen LogP contribution is -2.26. The molecule has 0 aliphatic carbocycles. The zero-order valence-electron chi connectivity index (χ0n) is 9.52. The number of hydrogen-bond acceptors (Lipinski definition) is 5. The van der Waals surface area contributed by atoms with Crippen LogP contribution >= 0.6 is 0 Å². The van der Waals surface area contributed by atoms with E-state index in [4.69, 9.17) is 19.5 Å². The normalized spacial score (nSPS) is 9.00. The van der Waals surface area contributed by atoms with E-state index in [1.807, 2.05) is 0 Å². The maximum atomic E-state index is 11.2. The standard InChI is InChI=1S/C11H12N2O4/c1-15-8-5-9(16-2)7-10(6-8)17-11(14)13-4-3-12/h5-7H,4H2,1-2H3,(H,13,14). The van der Waals surface area contributed by atoms with E-state index in [9.17, 15) is 4.79 Å². The van der Waals surface area contributed by atoms with E-state index in [1.54, 1.807) is 12.1 Å². The monoisotopic (exact) mass is 236 g/mol. The third-order valence-corrected chi connectivity index (χ3v) is 1.85. The van der Waals surface area contributed by atoms with Gasteiger partial charge in [0.1, 0.15) is 23.8 Å². The van der Waals surface area contributed by atoms with Crippen molar-refractivity contribution in [3.8, 4) is 23.3 Å². The van der Waals surface area contributed by atoms with Crippen LogP contribution in [-0.4, -0.2) is 26.9 Å². The SMILES string of the molecule is COc1cc(OC)cc(OC(=O)NCC#N)c1. The summed E-state index contributed by atoms with van der Waals surface area (Å²) in [5.74, 6) is 1.29. The summed E-state index contributed by atoms with van der Waals surface area (Å²) < 4.78 is 15.0. The summed E-state index contributed by atoms with van der Waals surface area (Å²) in [6.45, 7) is -0.111. The molecule has 0 fully saturated rings. The van der Waals surface area contributed by atoms with Gasteiger partial charge in [-0.05, 0) is 0 Å². The fourth-order valence-electron chi connectivity index (χ4n) is 1.10. The van der Waals surface area contributed by atoms with E-state index in [-0.39, 0.29) is 12.3 Å². The lowest BCUT2D eigenvalue weighted by Gasteiger charge is -2.08. The first-order valence-electron chi connectivity index (χ1n) is 4.75. The van der Waals surface area contributed by atoms with Crippen molar-refractivity contribution in [3.63, 3.8) is 0 Å². The van der Waals surface area contributed by atoms with Crippen molar-refractivity contribution in [1.29, 1.82) is 5.26 Å². The molecule has 0 saturated carbocycles. The van der Waals surface area contributed by atoms with Crippen molar-refractivity contribution in [2.75, 3.05) is 20.8 Å². The zero-order chi connectivity index (χ0) is 12.7. The number of benzene rings is 1. The second kappa shape index (κ2) is 6.23. The van der Waals surface area contributed by atoms with Crippen molar-refractivity contribution in [1.82, 2.24) is 5.32 Å². The number of nitrogens with zero attached hydrogens (tertiary/aromatic N) is 1. The quantitative estimate of drug-likeness (QED) is 0.797. The van der Waals surface area contributed by atoms with E-state index in [0.717, 1.165) is 0 Å². The second-order valence-corrected chi connectivity index (χ2v) is 2.95. The molecule has 17 heavy (non-hydrogen) atoms. The van der Waals surface area contributed by atoms with Gasteiger partial charge < -0.3 is 19.5 Å². The molecule has 1 aromatic rings. The molecule has 0 aliphatic heterocycles. The third kappa shape index (κ3) is 3.91. The molecule has 1 N–H and O–H groups in total. The Kier molecular flexibility index (Phi) is 4.63. The highest BCUT2D eigenvalue weighted by Gasteiger charge is 2.07. The van der Waals surface area contributed by atoms with Crippen LogP contribution in [0.2, 0.25) is 0 Å².